The van der Waals surface area contributed by atoms with Crippen LogP contribution in [-0.2, 0) is 10.2 Å². The molecule has 0 aliphatic carbocycles. The van der Waals surface area contributed by atoms with Gasteiger partial charge in [0, 0.05) is 43.7 Å². The van der Waals surface area contributed by atoms with E-state index in [4.69, 9.17) is 4.74 Å². The predicted octanol–water partition coefficient (Wildman–Crippen LogP) is 2.93. The maximum atomic E-state index is 5.04. The largest absolute Gasteiger partial charge is 0.385 e. The SMILES string of the molecule is CN=C(NCCCOC)NCC(C)(C)c1cccc(Br)c1. The van der Waals surface area contributed by atoms with Crippen LogP contribution >= 0.6 is 15.9 Å². The molecule has 4 nitrogen and oxygen atoms in total. The molecule has 0 saturated heterocycles. The van der Waals surface area contributed by atoms with Crippen LogP contribution in [0.3, 0.4) is 0 Å². The Balaban J connectivity index is 2.51. The van der Waals surface area contributed by atoms with Crippen molar-refractivity contribution in [2.45, 2.75) is 25.7 Å². The molecule has 0 spiro atoms. The Kier molecular flexibility index (Phi) is 7.75. The summed E-state index contributed by atoms with van der Waals surface area (Å²) in [5, 5.41) is 6.68. The van der Waals surface area contributed by atoms with Gasteiger partial charge in [-0.2, -0.15) is 0 Å². The summed E-state index contributed by atoms with van der Waals surface area (Å²) < 4.78 is 6.14. The van der Waals surface area contributed by atoms with Gasteiger partial charge in [0.25, 0.3) is 0 Å². The Morgan fingerprint density at radius 2 is 2.10 bits per heavy atom. The van der Waals surface area contributed by atoms with Gasteiger partial charge in [0.2, 0.25) is 0 Å². The van der Waals surface area contributed by atoms with E-state index in [0.717, 1.165) is 36.5 Å². The molecular formula is C16H26BrN3O. The second-order valence-electron chi connectivity index (χ2n) is 5.59. The minimum Gasteiger partial charge on any atom is -0.385 e. The highest BCUT2D eigenvalue weighted by Crippen LogP contribution is 2.24. The van der Waals surface area contributed by atoms with Crippen molar-refractivity contribution in [1.29, 1.82) is 0 Å². The van der Waals surface area contributed by atoms with Crippen molar-refractivity contribution < 1.29 is 4.74 Å². The summed E-state index contributed by atoms with van der Waals surface area (Å²) in [6.07, 6.45) is 0.965. The summed E-state index contributed by atoms with van der Waals surface area (Å²) in [5.41, 5.74) is 1.31. The number of hydrogen-bond acceptors (Lipinski definition) is 2. The maximum Gasteiger partial charge on any atom is 0.191 e. The van der Waals surface area contributed by atoms with E-state index >= 15 is 0 Å². The average Bonchev–Trinajstić information content (AvgIpc) is 2.46. The number of halogens is 1. The monoisotopic (exact) mass is 355 g/mol. The molecule has 2 N–H and O–H groups in total. The van der Waals surface area contributed by atoms with Crippen LogP contribution in [0, 0.1) is 0 Å². The van der Waals surface area contributed by atoms with Crippen molar-refractivity contribution in [2.75, 3.05) is 33.9 Å². The number of hydrogen-bond donors (Lipinski definition) is 2. The minimum absolute atomic E-state index is 0.0218. The lowest BCUT2D eigenvalue weighted by atomic mass is 9.85. The smallest absolute Gasteiger partial charge is 0.191 e. The van der Waals surface area contributed by atoms with Crippen LogP contribution < -0.4 is 10.6 Å². The Morgan fingerprint density at radius 3 is 2.71 bits per heavy atom. The van der Waals surface area contributed by atoms with Gasteiger partial charge in [-0.05, 0) is 24.1 Å². The van der Waals surface area contributed by atoms with Crippen molar-refractivity contribution >= 4 is 21.9 Å². The fourth-order valence-electron chi connectivity index (χ4n) is 1.96. The van der Waals surface area contributed by atoms with Crippen LogP contribution in [0.5, 0.6) is 0 Å². The van der Waals surface area contributed by atoms with Gasteiger partial charge < -0.3 is 15.4 Å². The zero-order valence-electron chi connectivity index (χ0n) is 13.4. The van der Waals surface area contributed by atoms with E-state index in [-0.39, 0.29) is 5.41 Å². The van der Waals surface area contributed by atoms with E-state index in [1.807, 2.05) is 6.07 Å². The fourth-order valence-corrected chi connectivity index (χ4v) is 2.36. The van der Waals surface area contributed by atoms with Crippen molar-refractivity contribution in [1.82, 2.24) is 10.6 Å². The lowest BCUT2D eigenvalue weighted by molar-refractivity contribution is 0.195. The van der Waals surface area contributed by atoms with Gasteiger partial charge >= 0.3 is 0 Å². The van der Waals surface area contributed by atoms with Crippen LogP contribution in [0.1, 0.15) is 25.8 Å². The fraction of sp³-hybridized carbons (Fsp3) is 0.562. The molecule has 0 fully saturated rings. The lowest BCUT2D eigenvalue weighted by Gasteiger charge is -2.27. The third-order valence-electron chi connectivity index (χ3n) is 3.35. The van der Waals surface area contributed by atoms with Crippen LogP contribution in [0.25, 0.3) is 0 Å². The quantitative estimate of drug-likeness (QED) is 0.449. The van der Waals surface area contributed by atoms with Crippen molar-refractivity contribution in [3.05, 3.63) is 34.3 Å². The van der Waals surface area contributed by atoms with E-state index in [2.05, 4.69) is 63.6 Å². The van der Waals surface area contributed by atoms with Crippen LogP contribution in [-0.4, -0.2) is 39.8 Å². The average molecular weight is 356 g/mol. The van der Waals surface area contributed by atoms with Crippen LogP contribution in [0.4, 0.5) is 0 Å². The normalized spacial score (nSPS) is 12.3. The van der Waals surface area contributed by atoms with Gasteiger partial charge in [0.05, 0.1) is 0 Å². The number of nitrogens with one attached hydrogen (secondary N) is 2. The van der Waals surface area contributed by atoms with Gasteiger partial charge in [-0.25, -0.2) is 0 Å². The summed E-state index contributed by atoms with van der Waals surface area (Å²) >= 11 is 3.53. The van der Waals surface area contributed by atoms with E-state index in [0.29, 0.717) is 0 Å². The van der Waals surface area contributed by atoms with Crippen molar-refractivity contribution in [2.24, 2.45) is 4.99 Å². The van der Waals surface area contributed by atoms with Crippen LogP contribution in [0.15, 0.2) is 33.7 Å². The first-order valence-electron chi connectivity index (χ1n) is 7.19. The van der Waals surface area contributed by atoms with E-state index in [1.165, 1.54) is 5.56 Å². The topological polar surface area (TPSA) is 45.7 Å². The summed E-state index contributed by atoms with van der Waals surface area (Å²) in [5.74, 6) is 0.828. The number of ether oxygens (including phenoxy) is 1. The number of nitrogens with zero attached hydrogens (tertiary/aromatic N) is 1. The van der Waals surface area contributed by atoms with Gasteiger partial charge in [-0.1, -0.05) is 41.9 Å². The molecule has 1 aromatic rings. The number of methoxy groups -OCH3 is 1. The molecular weight excluding hydrogens is 330 g/mol. The standard InChI is InChI=1S/C16H26BrN3O/c1-16(2,13-7-5-8-14(17)11-13)12-20-15(18-3)19-9-6-10-21-4/h5,7-8,11H,6,9-10,12H2,1-4H3,(H2,18,19,20). The number of benzene rings is 1. The van der Waals surface area contributed by atoms with E-state index in [9.17, 15) is 0 Å². The number of aliphatic imine (C=N–C) groups is 1. The molecule has 0 heterocycles. The second-order valence-corrected chi connectivity index (χ2v) is 6.51. The first kappa shape index (κ1) is 18.0. The molecule has 0 aromatic heterocycles. The Labute approximate surface area is 136 Å². The molecule has 1 aromatic carbocycles. The molecule has 0 aliphatic heterocycles. The van der Waals surface area contributed by atoms with Crippen molar-refractivity contribution in [3.8, 4) is 0 Å². The summed E-state index contributed by atoms with van der Waals surface area (Å²) in [6.45, 7) is 6.87. The zero-order chi connectivity index (χ0) is 15.7. The third-order valence-corrected chi connectivity index (χ3v) is 3.84. The number of rotatable bonds is 7. The molecule has 0 unspecified atom stereocenters. The predicted molar refractivity (Wildman–Crippen MR) is 93.0 cm³/mol. The highest BCUT2D eigenvalue weighted by molar-refractivity contribution is 9.10. The molecule has 5 heteroatoms. The Morgan fingerprint density at radius 1 is 1.33 bits per heavy atom. The Bertz CT molecular complexity index is 461. The first-order valence-corrected chi connectivity index (χ1v) is 7.98. The van der Waals surface area contributed by atoms with Gasteiger partial charge in [0.1, 0.15) is 0 Å². The lowest BCUT2D eigenvalue weighted by Crippen LogP contribution is -2.43. The molecule has 118 valence electrons. The summed E-state index contributed by atoms with van der Waals surface area (Å²) in [4.78, 5) is 4.24. The van der Waals surface area contributed by atoms with Gasteiger partial charge in [-0.15, -0.1) is 0 Å². The molecule has 0 atom stereocenters. The maximum absolute atomic E-state index is 5.04. The molecule has 1 rings (SSSR count). The highest BCUT2D eigenvalue weighted by Gasteiger charge is 2.21. The summed E-state index contributed by atoms with van der Waals surface area (Å²) in [6, 6.07) is 8.43. The molecule has 0 saturated carbocycles. The van der Waals surface area contributed by atoms with Gasteiger partial charge in [0.15, 0.2) is 5.96 Å². The molecule has 0 radical (unpaired) electrons. The summed E-state index contributed by atoms with van der Waals surface area (Å²) in [7, 11) is 3.51. The number of guanidine groups is 1. The molecule has 0 amide bonds. The molecule has 21 heavy (non-hydrogen) atoms. The van der Waals surface area contributed by atoms with E-state index in [1.54, 1.807) is 14.2 Å². The Hall–Kier alpha value is -1.07. The van der Waals surface area contributed by atoms with Crippen molar-refractivity contribution in [3.63, 3.8) is 0 Å². The molecule has 0 bridgehead atoms. The van der Waals surface area contributed by atoms with Gasteiger partial charge in [-0.3, -0.25) is 4.99 Å². The minimum atomic E-state index is 0.0218. The first-order chi connectivity index (χ1) is 9.99. The van der Waals surface area contributed by atoms with Crippen LogP contribution in [0.2, 0.25) is 0 Å². The van der Waals surface area contributed by atoms with E-state index < -0.39 is 0 Å². The molecule has 0 aliphatic rings. The third kappa shape index (κ3) is 6.48. The zero-order valence-corrected chi connectivity index (χ0v) is 15.0. The second kappa shape index (κ2) is 9.05. The highest BCUT2D eigenvalue weighted by atomic mass is 79.9.